The van der Waals surface area contributed by atoms with Gasteiger partial charge >= 0.3 is 5.97 Å². The fraction of sp³-hybridized carbons (Fsp3) is 0.455. The van der Waals surface area contributed by atoms with Gasteiger partial charge in [-0.05, 0) is 38.8 Å². The van der Waals surface area contributed by atoms with Crippen molar-refractivity contribution < 1.29 is 19.1 Å². The Bertz CT molecular complexity index is 856. The average molecular weight is 412 g/mol. The highest BCUT2D eigenvalue weighted by Crippen LogP contribution is 2.31. The van der Waals surface area contributed by atoms with Crippen LogP contribution >= 0.6 is 0 Å². The highest BCUT2D eigenvalue weighted by molar-refractivity contribution is 5.80. The van der Waals surface area contributed by atoms with E-state index < -0.39 is 0 Å². The Morgan fingerprint density at radius 3 is 2.73 bits per heavy atom. The normalized spacial score (nSPS) is 16.1. The summed E-state index contributed by atoms with van der Waals surface area (Å²) in [6.07, 6.45) is 5.04. The molecule has 8 nitrogen and oxygen atoms in total. The van der Waals surface area contributed by atoms with Gasteiger partial charge in [0, 0.05) is 32.0 Å². The minimum Gasteiger partial charge on any atom is -0.466 e. The number of esters is 1. The zero-order valence-electron chi connectivity index (χ0n) is 17.5. The smallest absolute Gasteiger partial charge is 0.307 e. The first-order valence-electron chi connectivity index (χ1n) is 10.3. The number of piperidine rings is 1. The second-order valence-electron chi connectivity index (χ2n) is 7.23. The highest BCUT2D eigenvalue weighted by atomic mass is 16.5. The Kier molecular flexibility index (Phi) is 7.59. The number of rotatable bonds is 8. The molecule has 1 aliphatic rings. The van der Waals surface area contributed by atoms with Crippen LogP contribution in [0.3, 0.4) is 0 Å². The van der Waals surface area contributed by atoms with Crippen molar-refractivity contribution >= 4 is 17.7 Å². The van der Waals surface area contributed by atoms with Gasteiger partial charge in [0.2, 0.25) is 5.91 Å². The molecule has 160 valence electrons. The summed E-state index contributed by atoms with van der Waals surface area (Å²) in [7, 11) is 0. The number of carbonyl (C=O) groups is 2. The number of nitrogens with one attached hydrogen (secondary N) is 1. The van der Waals surface area contributed by atoms with Crippen LogP contribution in [-0.2, 0) is 14.3 Å². The highest BCUT2D eigenvalue weighted by Gasteiger charge is 2.28. The summed E-state index contributed by atoms with van der Waals surface area (Å²) in [5, 5.41) is 2.84. The number of hydrogen-bond acceptors (Lipinski definition) is 7. The van der Waals surface area contributed by atoms with Crippen LogP contribution < -0.4 is 15.0 Å². The van der Waals surface area contributed by atoms with Crippen molar-refractivity contribution in [2.75, 3.05) is 31.1 Å². The fourth-order valence-electron chi connectivity index (χ4n) is 3.37. The molecule has 0 aliphatic carbocycles. The molecule has 1 amide bonds. The molecule has 1 fully saturated rings. The Balaban J connectivity index is 1.61. The average Bonchev–Trinajstić information content (AvgIpc) is 2.76. The molecule has 1 aromatic carbocycles. The van der Waals surface area contributed by atoms with Gasteiger partial charge in [0.05, 0.1) is 18.9 Å². The van der Waals surface area contributed by atoms with Crippen LogP contribution in [0.2, 0.25) is 0 Å². The van der Waals surface area contributed by atoms with Crippen LogP contribution in [0.25, 0.3) is 0 Å². The Hall–Kier alpha value is -3.16. The van der Waals surface area contributed by atoms with Crippen molar-refractivity contribution in [3.05, 3.63) is 42.2 Å². The fourth-order valence-corrected chi connectivity index (χ4v) is 3.37. The van der Waals surface area contributed by atoms with Crippen LogP contribution in [-0.4, -0.2) is 48.1 Å². The quantitative estimate of drug-likeness (QED) is 0.666. The number of hydrogen-bond donors (Lipinski definition) is 1. The first-order valence-corrected chi connectivity index (χ1v) is 10.3. The number of aryl methyl sites for hydroxylation is 1. The van der Waals surface area contributed by atoms with Gasteiger partial charge < -0.3 is 19.7 Å². The molecule has 1 N–H and O–H groups in total. The third-order valence-electron chi connectivity index (χ3n) is 4.91. The van der Waals surface area contributed by atoms with Crippen molar-refractivity contribution in [1.29, 1.82) is 0 Å². The van der Waals surface area contributed by atoms with Crippen LogP contribution in [0.1, 0.15) is 31.7 Å². The summed E-state index contributed by atoms with van der Waals surface area (Å²) in [4.78, 5) is 34.8. The molecule has 0 spiro atoms. The second kappa shape index (κ2) is 10.6. The molecule has 0 bridgehead atoms. The van der Waals surface area contributed by atoms with E-state index in [1.807, 2.05) is 36.1 Å². The summed E-state index contributed by atoms with van der Waals surface area (Å²) in [5.74, 6) is 1.18. The van der Waals surface area contributed by atoms with Crippen molar-refractivity contribution in [2.24, 2.45) is 5.92 Å². The Morgan fingerprint density at radius 2 is 1.97 bits per heavy atom. The van der Waals surface area contributed by atoms with E-state index in [9.17, 15) is 9.59 Å². The largest absolute Gasteiger partial charge is 0.466 e. The van der Waals surface area contributed by atoms with E-state index in [1.165, 1.54) is 0 Å². The summed E-state index contributed by atoms with van der Waals surface area (Å²) in [5.41, 5.74) is 1.15. The van der Waals surface area contributed by atoms with Gasteiger partial charge in [-0.1, -0.05) is 17.7 Å². The minimum absolute atomic E-state index is 0.0612. The number of amides is 1. The maximum Gasteiger partial charge on any atom is 0.307 e. The number of carbonyl (C=O) groups excluding carboxylic acids is 2. The number of anilines is 1. The maximum atomic E-state index is 12.6. The van der Waals surface area contributed by atoms with Gasteiger partial charge in [0.1, 0.15) is 5.75 Å². The minimum atomic E-state index is -0.305. The molecule has 1 aromatic heterocycles. The van der Waals surface area contributed by atoms with E-state index in [0.29, 0.717) is 30.6 Å². The first-order chi connectivity index (χ1) is 14.6. The van der Waals surface area contributed by atoms with Gasteiger partial charge in [0.25, 0.3) is 5.88 Å². The first kappa shape index (κ1) is 21.5. The van der Waals surface area contributed by atoms with Crippen LogP contribution in [0.5, 0.6) is 11.6 Å². The van der Waals surface area contributed by atoms with E-state index >= 15 is 0 Å². The number of nitrogens with zero attached hydrogens (tertiary/aromatic N) is 3. The lowest BCUT2D eigenvalue weighted by molar-refractivity contribution is -0.143. The van der Waals surface area contributed by atoms with Crippen molar-refractivity contribution in [3.8, 4) is 11.6 Å². The zero-order chi connectivity index (χ0) is 21.3. The van der Waals surface area contributed by atoms with E-state index in [0.717, 1.165) is 24.9 Å². The molecule has 2 aromatic rings. The summed E-state index contributed by atoms with van der Waals surface area (Å²) in [6, 6.07) is 7.74. The van der Waals surface area contributed by atoms with Crippen LogP contribution in [0.4, 0.5) is 5.82 Å². The molecule has 1 atom stereocenters. The molecule has 2 heterocycles. The maximum absolute atomic E-state index is 12.6. The third-order valence-corrected chi connectivity index (χ3v) is 4.91. The molecule has 8 heteroatoms. The van der Waals surface area contributed by atoms with Crippen molar-refractivity contribution in [2.45, 2.75) is 33.1 Å². The molecule has 3 rings (SSSR count). The molecular formula is C22H28N4O4. The summed E-state index contributed by atoms with van der Waals surface area (Å²) >= 11 is 0. The van der Waals surface area contributed by atoms with E-state index in [2.05, 4.69) is 15.3 Å². The Morgan fingerprint density at radius 1 is 1.20 bits per heavy atom. The molecule has 0 radical (unpaired) electrons. The monoisotopic (exact) mass is 412 g/mol. The summed E-state index contributed by atoms with van der Waals surface area (Å²) in [6.45, 7) is 5.69. The van der Waals surface area contributed by atoms with Crippen molar-refractivity contribution in [1.82, 2.24) is 15.3 Å². The van der Waals surface area contributed by atoms with Gasteiger partial charge in [-0.25, -0.2) is 9.97 Å². The van der Waals surface area contributed by atoms with E-state index in [4.69, 9.17) is 9.47 Å². The summed E-state index contributed by atoms with van der Waals surface area (Å²) < 4.78 is 10.8. The SMILES string of the molecule is CCOC(=O)CCNC(=O)[C@@H]1CCCN(c2nccnc2Oc2ccc(C)cc2)C1. The number of benzene rings is 1. The standard InChI is InChI=1S/C22H28N4O4/c1-3-29-19(27)10-11-24-21(28)17-5-4-14-26(15-17)20-22(25-13-12-23-20)30-18-8-6-16(2)7-9-18/h6-9,12-13,17H,3-5,10-11,14-15H2,1-2H3,(H,24,28)/t17-/m1/s1. The van der Waals surface area contributed by atoms with Crippen LogP contribution in [0.15, 0.2) is 36.7 Å². The van der Waals surface area contributed by atoms with E-state index in [-0.39, 0.29) is 30.8 Å². The lowest BCUT2D eigenvalue weighted by Crippen LogP contribution is -2.44. The predicted molar refractivity (Wildman–Crippen MR) is 112 cm³/mol. The molecule has 1 aliphatic heterocycles. The molecular weight excluding hydrogens is 384 g/mol. The Labute approximate surface area is 176 Å². The molecule has 1 saturated heterocycles. The molecule has 30 heavy (non-hydrogen) atoms. The van der Waals surface area contributed by atoms with Crippen molar-refractivity contribution in [3.63, 3.8) is 0 Å². The molecule has 0 saturated carbocycles. The van der Waals surface area contributed by atoms with E-state index in [1.54, 1.807) is 19.3 Å². The predicted octanol–water partition coefficient (Wildman–Crippen LogP) is 2.86. The molecule has 0 unspecified atom stereocenters. The van der Waals surface area contributed by atoms with Gasteiger partial charge in [0.15, 0.2) is 5.82 Å². The second-order valence-corrected chi connectivity index (χ2v) is 7.23. The third kappa shape index (κ3) is 5.92. The topological polar surface area (TPSA) is 93.7 Å². The lowest BCUT2D eigenvalue weighted by Gasteiger charge is -2.33. The lowest BCUT2D eigenvalue weighted by atomic mass is 9.97. The number of aromatic nitrogens is 2. The van der Waals surface area contributed by atoms with Gasteiger partial charge in [-0.15, -0.1) is 0 Å². The number of ether oxygens (including phenoxy) is 2. The van der Waals surface area contributed by atoms with Gasteiger partial charge in [-0.2, -0.15) is 0 Å². The van der Waals surface area contributed by atoms with Gasteiger partial charge in [-0.3, -0.25) is 9.59 Å². The zero-order valence-corrected chi connectivity index (χ0v) is 17.5. The van der Waals surface area contributed by atoms with Crippen LogP contribution in [0, 0.1) is 12.8 Å².